The zero-order chi connectivity index (χ0) is 5.98. The molecule has 1 aliphatic rings. The van der Waals surface area contributed by atoms with Crippen molar-refractivity contribution in [3.63, 3.8) is 0 Å². The van der Waals surface area contributed by atoms with Crippen LogP contribution in [-0.2, 0) is 32.7 Å². The van der Waals surface area contributed by atoms with Crippen molar-refractivity contribution in [2.45, 2.75) is 19.8 Å². The SMILES string of the molecule is CC1C[CH-]C(CO)C1.[Y]. The molecule has 1 rings (SSSR count). The van der Waals surface area contributed by atoms with E-state index in [1.807, 2.05) is 0 Å². The van der Waals surface area contributed by atoms with Crippen LogP contribution in [0, 0.1) is 18.3 Å². The molecule has 1 fully saturated rings. The molecule has 0 aromatic heterocycles. The van der Waals surface area contributed by atoms with Crippen LogP contribution >= 0.6 is 0 Å². The van der Waals surface area contributed by atoms with E-state index in [1.54, 1.807) is 0 Å². The van der Waals surface area contributed by atoms with Crippen LogP contribution in [0.5, 0.6) is 0 Å². The minimum atomic E-state index is 0. The molecule has 1 nitrogen and oxygen atoms in total. The van der Waals surface area contributed by atoms with Crippen LogP contribution in [-0.4, -0.2) is 11.7 Å². The van der Waals surface area contributed by atoms with Crippen molar-refractivity contribution in [3.8, 4) is 0 Å². The van der Waals surface area contributed by atoms with Crippen molar-refractivity contribution in [2.24, 2.45) is 11.8 Å². The number of hydrogen-bond acceptors (Lipinski definition) is 1. The fourth-order valence-electron chi connectivity index (χ4n) is 1.28. The van der Waals surface area contributed by atoms with Crippen molar-refractivity contribution in [2.75, 3.05) is 6.61 Å². The molecular weight excluding hydrogens is 189 g/mol. The van der Waals surface area contributed by atoms with Gasteiger partial charge in [-0.05, 0) is 0 Å². The summed E-state index contributed by atoms with van der Waals surface area (Å²) in [6.45, 7) is 2.58. The maximum Gasteiger partial charge on any atom is 0.0188 e. The third kappa shape index (κ3) is 3.11. The van der Waals surface area contributed by atoms with E-state index >= 15 is 0 Å². The largest absolute Gasteiger partial charge is 0.399 e. The minimum absolute atomic E-state index is 0. The van der Waals surface area contributed by atoms with Crippen LogP contribution in [0.25, 0.3) is 0 Å². The second kappa shape index (κ2) is 4.81. The van der Waals surface area contributed by atoms with Gasteiger partial charge in [-0.1, -0.05) is 19.3 Å². The summed E-state index contributed by atoms with van der Waals surface area (Å²) in [5.74, 6) is 1.32. The zero-order valence-electron chi connectivity index (χ0n) is 5.88. The molecule has 51 valence electrons. The smallest absolute Gasteiger partial charge is 0.0188 e. The van der Waals surface area contributed by atoms with Gasteiger partial charge in [-0.15, -0.1) is 5.92 Å². The third-order valence-corrected chi connectivity index (χ3v) is 1.81. The molecule has 2 atom stereocenters. The first-order valence-electron chi connectivity index (χ1n) is 3.27. The molecule has 1 saturated carbocycles. The molecule has 0 amide bonds. The van der Waals surface area contributed by atoms with Gasteiger partial charge in [0.25, 0.3) is 0 Å². The monoisotopic (exact) mass is 202 g/mol. The van der Waals surface area contributed by atoms with E-state index in [0.29, 0.717) is 12.5 Å². The Morgan fingerprint density at radius 3 is 2.56 bits per heavy atom. The van der Waals surface area contributed by atoms with Crippen molar-refractivity contribution < 1.29 is 37.8 Å². The molecule has 1 N–H and O–H groups in total. The van der Waals surface area contributed by atoms with Crippen molar-refractivity contribution in [1.82, 2.24) is 0 Å². The summed E-state index contributed by atoms with van der Waals surface area (Å²) in [6, 6.07) is 0. The van der Waals surface area contributed by atoms with Gasteiger partial charge in [-0.3, -0.25) is 0 Å². The third-order valence-electron chi connectivity index (χ3n) is 1.81. The Morgan fingerprint density at radius 1 is 1.67 bits per heavy atom. The molecule has 0 aromatic carbocycles. The van der Waals surface area contributed by atoms with Gasteiger partial charge in [-0.25, -0.2) is 0 Å². The molecule has 2 unspecified atom stereocenters. The molecule has 0 spiro atoms. The van der Waals surface area contributed by atoms with Crippen molar-refractivity contribution >= 4 is 0 Å². The standard InChI is InChI=1S/C7H13O.Y/c1-6-2-3-7(4-6)5-8;/h3,6-8H,2,4-5H2,1H3;/q-1;. The van der Waals surface area contributed by atoms with Crippen LogP contribution < -0.4 is 0 Å². The van der Waals surface area contributed by atoms with Crippen LogP contribution in [0.1, 0.15) is 19.8 Å². The number of aliphatic hydroxyl groups excluding tert-OH is 1. The van der Waals surface area contributed by atoms with Crippen molar-refractivity contribution in [3.05, 3.63) is 6.42 Å². The van der Waals surface area contributed by atoms with Gasteiger partial charge in [0.2, 0.25) is 0 Å². The first kappa shape index (κ1) is 10.1. The first-order valence-corrected chi connectivity index (χ1v) is 3.27. The Hall–Kier alpha value is 1.06. The molecule has 0 bridgehead atoms. The summed E-state index contributed by atoms with van der Waals surface area (Å²) < 4.78 is 0. The average Bonchev–Trinajstić information content (AvgIpc) is 2.14. The van der Waals surface area contributed by atoms with Crippen molar-refractivity contribution in [1.29, 1.82) is 0 Å². The fourth-order valence-corrected chi connectivity index (χ4v) is 1.28. The first-order chi connectivity index (χ1) is 3.83. The van der Waals surface area contributed by atoms with Gasteiger partial charge < -0.3 is 11.5 Å². The Kier molecular flexibility index (Phi) is 5.38. The van der Waals surface area contributed by atoms with E-state index in [-0.39, 0.29) is 32.7 Å². The fraction of sp³-hybridized carbons (Fsp3) is 0.857. The molecule has 0 saturated heterocycles. The molecular formula is C7H13OY-. The molecule has 1 aliphatic carbocycles. The Morgan fingerprint density at radius 2 is 2.33 bits per heavy atom. The molecule has 2 heteroatoms. The molecule has 0 aromatic rings. The summed E-state index contributed by atoms with van der Waals surface area (Å²) >= 11 is 0. The second-order valence-corrected chi connectivity index (χ2v) is 2.75. The zero-order valence-corrected chi connectivity index (χ0v) is 8.72. The van der Waals surface area contributed by atoms with E-state index in [1.165, 1.54) is 12.8 Å². The van der Waals surface area contributed by atoms with Gasteiger partial charge >= 0.3 is 0 Å². The normalized spacial score (nSPS) is 34.0. The summed E-state index contributed by atoms with van der Waals surface area (Å²) in [6.07, 6.45) is 4.62. The van der Waals surface area contributed by atoms with Crippen LogP contribution in [0.15, 0.2) is 0 Å². The Balaban J connectivity index is 0.000000640. The van der Waals surface area contributed by atoms with E-state index in [9.17, 15) is 0 Å². The van der Waals surface area contributed by atoms with E-state index < -0.39 is 0 Å². The van der Waals surface area contributed by atoms with Crippen LogP contribution in [0.4, 0.5) is 0 Å². The van der Waals surface area contributed by atoms with Gasteiger partial charge in [-0.2, -0.15) is 6.42 Å². The second-order valence-electron chi connectivity index (χ2n) is 2.75. The quantitative estimate of drug-likeness (QED) is 0.634. The Bertz CT molecular complexity index is 75.3. The maximum atomic E-state index is 8.65. The number of rotatable bonds is 1. The van der Waals surface area contributed by atoms with Gasteiger partial charge in [0, 0.05) is 39.3 Å². The summed E-state index contributed by atoms with van der Waals surface area (Å²) in [5.41, 5.74) is 0. The summed E-state index contributed by atoms with van der Waals surface area (Å²) in [4.78, 5) is 0. The van der Waals surface area contributed by atoms with E-state index in [0.717, 1.165) is 5.92 Å². The van der Waals surface area contributed by atoms with Gasteiger partial charge in [0.1, 0.15) is 0 Å². The van der Waals surface area contributed by atoms with Gasteiger partial charge in [0.15, 0.2) is 0 Å². The minimum Gasteiger partial charge on any atom is -0.399 e. The number of hydrogen-bond donors (Lipinski definition) is 1. The predicted octanol–water partition coefficient (Wildman–Crippen LogP) is 1.23. The predicted molar refractivity (Wildman–Crippen MR) is 33.3 cm³/mol. The molecule has 0 aliphatic heterocycles. The summed E-state index contributed by atoms with van der Waals surface area (Å²) in [5, 5.41) is 8.65. The maximum absolute atomic E-state index is 8.65. The van der Waals surface area contributed by atoms with E-state index in [4.69, 9.17) is 5.11 Å². The average molecular weight is 202 g/mol. The molecule has 0 heterocycles. The van der Waals surface area contributed by atoms with Crippen LogP contribution in [0.3, 0.4) is 0 Å². The Labute approximate surface area is 82.1 Å². The number of aliphatic hydroxyl groups is 1. The van der Waals surface area contributed by atoms with E-state index in [2.05, 4.69) is 13.3 Å². The molecule has 1 radical (unpaired) electrons. The van der Waals surface area contributed by atoms with Crippen LogP contribution in [0.2, 0.25) is 0 Å². The topological polar surface area (TPSA) is 20.2 Å². The summed E-state index contributed by atoms with van der Waals surface area (Å²) in [7, 11) is 0. The molecule has 9 heavy (non-hydrogen) atoms. The van der Waals surface area contributed by atoms with Gasteiger partial charge in [0.05, 0.1) is 0 Å².